The third-order valence-corrected chi connectivity index (χ3v) is 3.45. The van der Waals surface area contributed by atoms with E-state index < -0.39 is 6.09 Å². The number of ether oxygens (including phenoxy) is 1. The Bertz CT molecular complexity index is 667. The average molecular weight is 281 g/mol. The summed E-state index contributed by atoms with van der Waals surface area (Å²) in [6.07, 6.45) is 0.632. The molecule has 0 saturated heterocycles. The smallest absolute Gasteiger partial charge is 0.410 e. The fourth-order valence-electron chi connectivity index (χ4n) is 2.43. The van der Waals surface area contributed by atoms with Crippen molar-refractivity contribution in [2.45, 2.75) is 12.8 Å². The van der Waals surface area contributed by atoms with Crippen LogP contribution >= 0.6 is 0 Å². The van der Waals surface area contributed by atoms with Gasteiger partial charge in [0.05, 0.1) is 5.69 Å². The van der Waals surface area contributed by atoms with Crippen LogP contribution in [-0.2, 0) is 0 Å². The van der Waals surface area contributed by atoms with Gasteiger partial charge in [-0.15, -0.1) is 0 Å². The third kappa shape index (κ3) is 2.79. The van der Waals surface area contributed by atoms with Crippen molar-refractivity contribution in [2.24, 2.45) is 0 Å². The zero-order chi connectivity index (χ0) is 14.7. The number of carbonyl (C=O) groups is 2. The molecule has 0 fully saturated rings. The lowest BCUT2D eigenvalue weighted by Crippen LogP contribution is -2.34. The Morgan fingerprint density at radius 1 is 1.00 bits per heavy atom. The molecule has 21 heavy (non-hydrogen) atoms. The van der Waals surface area contributed by atoms with Crippen LogP contribution in [0.3, 0.4) is 0 Å². The molecule has 0 saturated carbocycles. The molecule has 0 spiro atoms. The molecule has 2 aromatic carbocycles. The van der Waals surface area contributed by atoms with Crippen LogP contribution in [0.1, 0.15) is 23.2 Å². The number of Topliss-reactive ketones (excluding diaryl/α,β-unsaturated/α-hetero) is 1. The maximum atomic E-state index is 12.4. The Hall–Kier alpha value is -2.62. The lowest BCUT2D eigenvalue weighted by atomic mass is 10.1. The van der Waals surface area contributed by atoms with E-state index in [0.29, 0.717) is 36.4 Å². The summed E-state index contributed by atoms with van der Waals surface area (Å²) in [5.74, 6) is 0.566. The van der Waals surface area contributed by atoms with E-state index in [2.05, 4.69) is 0 Å². The zero-order valence-corrected chi connectivity index (χ0v) is 11.5. The van der Waals surface area contributed by atoms with Crippen LogP contribution in [0.25, 0.3) is 0 Å². The zero-order valence-electron chi connectivity index (χ0n) is 11.5. The fraction of sp³-hybridized carbons (Fsp3) is 0.176. The van der Waals surface area contributed by atoms with E-state index in [1.807, 2.05) is 30.3 Å². The summed E-state index contributed by atoms with van der Waals surface area (Å²) in [7, 11) is 0. The van der Waals surface area contributed by atoms with Gasteiger partial charge in [0.25, 0.3) is 0 Å². The summed E-state index contributed by atoms with van der Waals surface area (Å²) < 4.78 is 5.38. The number of ketones is 1. The summed E-state index contributed by atoms with van der Waals surface area (Å²) in [5.41, 5.74) is 1.21. The Morgan fingerprint density at radius 3 is 2.52 bits per heavy atom. The van der Waals surface area contributed by atoms with E-state index in [-0.39, 0.29) is 5.78 Å². The first-order chi connectivity index (χ1) is 10.3. The van der Waals surface area contributed by atoms with Crippen LogP contribution in [0.2, 0.25) is 0 Å². The van der Waals surface area contributed by atoms with Crippen molar-refractivity contribution < 1.29 is 14.3 Å². The number of anilines is 1. The number of benzene rings is 2. The van der Waals surface area contributed by atoms with Crippen LogP contribution in [0, 0.1) is 0 Å². The average Bonchev–Trinajstić information content (AvgIpc) is 2.68. The third-order valence-electron chi connectivity index (χ3n) is 3.45. The number of carbonyl (C=O) groups excluding carboxylic acids is 2. The minimum absolute atomic E-state index is 0.0700. The van der Waals surface area contributed by atoms with Gasteiger partial charge >= 0.3 is 6.09 Å². The second kappa shape index (κ2) is 5.79. The number of hydrogen-bond acceptors (Lipinski definition) is 3. The molecular formula is C17H15NO3. The molecule has 0 atom stereocenters. The van der Waals surface area contributed by atoms with Crippen molar-refractivity contribution in [3.05, 3.63) is 60.2 Å². The van der Waals surface area contributed by atoms with E-state index in [0.717, 1.165) is 0 Å². The van der Waals surface area contributed by atoms with Gasteiger partial charge in [-0.2, -0.15) is 0 Å². The molecule has 4 nitrogen and oxygen atoms in total. The van der Waals surface area contributed by atoms with Crippen molar-refractivity contribution in [2.75, 3.05) is 11.4 Å². The predicted molar refractivity (Wildman–Crippen MR) is 79.8 cm³/mol. The SMILES string of the molecule is O=C1CCCN(C(=O)Oc2ccccc2)c2ccccc21. The lowest BCUT2D eigenvalue weighted by molar-refractivity contribution is 0.0983. The molecule has 1 aliphatic rings. The highest BCUT2D eigenvalue weighted by molar-refractivity contribution is 6.05. The fourth-order valence-corrected chi connectivity index (χ4v) is 2.43. The molecule has 0 bridgehead atoms. The van der Waals surface area contributed by atoms with E-state index in [9.17, 15) is 9.59 Å². The Balaban J connectivity index is 1.89. The van der Waals surface area contributed by atoms with E-state index in [1.54, 1.807) is 24.3 Å². The first-order valence-corrected chi connectivity index (χ1v) is 6.92. The van der Waals surface area contributed by atoms with Gasteiger partial charge in [-0.25, -0.2) is 4.79 Å². The number of hydrogen-bond donors (Lipinski definition) is 0. The van der Waals surface area contributed by atoms with Gasteiger partial charge in [-0.3, -0.25) is 9.69 Å². The van der Waals surface area contributed by atoms with Crippen LogP contribution in [-0.4, -0.2) is 18.4 Å². The molecule has 0 aliphatic carbocycles. The molecule has 1 amide bonds. The molecule has 1 aliphatic heterocycles. The van der Waals surface area contributed by atoms with Crippen molar-refractivity contribution in [1.82, 2.24) is 0 Å². The van der Waals surface area contributed by atoms with Crippen LogP contribution < -0.4 is 9.64 Å². The normalized spacial score (nSPS) is 14.3. The number of para-hydroxylation sites is 2. The summed E-state index contributed by atoms with van der Waals surface area (Å²) in [6.45, 7) is 0.481. The van der Waals surface area contributed by atoms with E-state index in [1.165, 1.54) is 4.90 Å². The summed E-state index contributed by atoms with van der Waals surface area (Å²) in [5, 5.41) is 0. The second-order valence-corrected chi connectivity index (χ2v) is 4.88. The molecule has 4 heteroatoms. The van der Waals surface area contributed by atoms with Gasteiger partial charge < -0.3 is 4.74 Å². The van der Waals surface area contributed by atoms with Crippen molar-refractivity contribution in [1.29, 1.82) is 0 Å². The van der Waals surface area contributed by atoms with Crippen LogP contribution in [0.4, 0.5) is 10.5 Å². The summed E-state index contributed by atoms with van der Waals surface area (Å²) in [4.78, 5) is 26.0. The van der Waals surface area contributed by atoms with Gasteiger partial charge in [0.15, 0.2) is 5.78 Å². The lowest BCUT2D eigenvalue weighted by Gasteiger charge is -2.21. The van der Waals surface area contributed by atoms with E-state index >= 15 is 0 Å². The second-order valence-electron chi connectivity index (χ2n) is 4.88. The van der Waals surface area contributed by atoms with Gasteiger partial charge in [-0.1, -0.05) is 30.3 Å². The molecular weight excluding hydrogens is 266 g/mol. The molecule has 3 rings (SSSR count). The van der Waals surface area contributed by atoms with Crippen LogP contribution in [0.5, 0.6) is 5.75 Å². The van der Waals surface area contributed by atoms with E-state index in [4.69, 9.17) is 4.74 Å². The maximum Gasteiger partial charge on any atom is 0.419 e. The van der Waals surface area contributed by atoms with Crippen LogP contribution in [0.15, 0.2) is 54.6 Å². The van der Waals surface area contributed by atoms with Gasteiger partial charge in [0, 0.05) is 18.5 Å². The van der Waals surface area contributed by atoms with Crippen molar-refractivity contribution in [3.63, 3.8) is 0 Å². The highest BCUT2D eigenvalue weighted by Crippen LogP contribution is 2.27. The maximum absolute atomic E-state index is 12.4. The van der Waals surface area contributed by atoms with Gasteiger partial charge in [-0.05, 0) is 30.7 Å². The molecule has 106 valence electrons. The molecule has 0 aromatic heterocycles. The number of nitrogens with zero attached hydrogens (tertiary/aromatic N) is 1. The predicted octanol–water partition coefficient (Wildman–Crippen LogP) is 3.67. The molecule has 1 heterocycles. The van der Waals surface area contributed by atoms with Gasteiger partial charge in [0.1, 0.15) is 5.75 Å². The molecule has 2 aromatic rings. The first-order valence-electron chi connectivity index (χ1n) is 6.92. The largest absolute Gasteiger partial charge is 0.419 e. The van der Waals surface area contributed by atoms with Crippen molar-refractivity contribution >= 4 is 17.6 Å². The minimum Gasteiger partial charge on any atom is -0.410 e. The highest BCUT2D eigenvalue weighted by atomic mass is 16.6. The number of amides is 1. The first kappa shape index (κ1) is 13.4. The molecule has 0 radical (unpaired) electrons. The number of rotatable bonds is 1. The Kier molecular flexibility index (Phi) is 3.69. The summed E-state index contributed by atoms with van der Waals surface area (Å²) in [6, 6.07) is 16.1. The molecule has 0 N–H and O–H groups in total. The van der Waals surface area contributed by atoms with Crippen molar-refractivity contribution in [3.8, 4) is 5.75 Å². The quantitative estimate of drug-likeness (QED) is 0.801. The summed E-state index contributed by atoms with van der Waals surface area (Å²) >= 11 is 0. The minimum atomic E-state index is -0.455. The number of fused-ring (bicyclic) bond motifs is 1. The standard InChI is InChI=1S/C17H15NO3/c19-16-11-6-12-18(15-10-5-4-9-14(15)16)17(20)21-13-7-2-1-3-8-13/h1-5,7-10H,6,11-12H2. The monoisotopic (exact) mass is 281 g/mol. The molecule has 0 unspecified atom stereocenters. The van der Waals surface area contributed by atoms with Gasteiger partial charge in [0.2, 0.25) is 0 Å². The highest BCUT2D eigenvalue weighted by Gasteiger charge is 2.26. The Labute approximate surface area is 123 Å². The topological polar surface area (TPSA) is 46.6 Å². The Morgan fingerprint density at radius 2 is 1.71 bits per heavy atom.